The van der Waals surface area contributed by atoms with E-state index in [-0.39, 0.29) is 5.97 Å². The molecule has 0 amide bonds. The Morgan fingerprint density at radius 2 is 1.73 bits per heavy atom. The normalized spacial score (nSPS) is 11.2. The van der Waals surface area contributed by atoms with Gasteiger partial charge in [0.1, 0.15) is 0 Å². The maximum atomic E-state index is 11.5. The largest absolute Gasteiger partial charge is 0.520 e. The van der Waals surface area contributed by atoms with E-state index in [1.807, 2.05) is 50.8 Å². The zero-order valence-corrected chi connectivity index (χ0v) is 10.8. The lowest BCUT2D eigenvalue weighted by Gasteiger charge is -2.17. The molecule has 0 unspecified atom stereocenters. The monoisotopic (exact) mass is 222 g/mol. The first-order valence-electron chi connectivity index (χ1n) is 5.14. The van der Waals surface area contributed by atoms with Crippen LogP contribution in [0.2, 0.25) is 19.6 Å². The van der Waals surface area contributed by atoms with Crippen LogP contribution in [0.15, 0.2) is 24.3 Å². The lowest BCUT2D eigenvalue weighted by Crippen LogP contribution is -2.29. The summed E-state index contributed by atoms with van der Waals surface area (Å²) in [6.45, 7) is 8.07. The lowest BCUT2D eigenvalue weighted by atomic mass is 10.1. The van der Waals surface area contributed by atoms with Gasteiger partial charge in [0.05, 0.1) is 6.42 Å². The van der Waals surface area contributed by atoms with Crippen molar-refractivity contribution in [1.82, 2.24) is 0 Å². The minimum absolute atomic E-state index is 0.113. The van der Waals surface area contributed by atoms with Crippen LogP contribution < -0.4 is 0 Å². The third-order valence-corrected chi connectivity index (χ3v) is 2.73. The molecule has 0 fully saturated rings. The second kappa shape index (κ2) is 4.62. The van der Waals surface area contributed by atoms with E-state index < -0.39 is 8.32 Å². The molecule has 0 atom stereocenters. The standard InChI is InChI=1S/C12H18O2Si/c1-10-5-7-11(8-6-10)9-12(13)14-15(2,3)4/h5-8H,9H2,1-4H3. The van der Waals surface area contributed by atoms with E-state index in [2.05, 4.69) is 0 Å². The van der Waals surface area contributed by atoms with Crippen molar-refractivity contribution in [2.45, 2.75) is 33.0 Å². The van der Waals surface area contributed by atoms with Crippen LogP contribution in [-0.2, 0) is 15.6 Å². The molecule has 3 heteroatoms. The Hall–Kier alpha value is -1.09. The molecule has 1 rings (SSSR count). The Morgan fingerprint density at radius 1 is 1.20 bits per heavy atom. The third-order valence-electron chi connectivity index (χ3n) is 1.89. The Kier molecular flexibility index (Phi) is 3.69. The minimum Gasteiger partial charge on any atom is -0.520 e. The molecular formula is C12H18O2Si. The highest BCUT2D eigenvalue weighted by Crippen LogP contribution is 2.08. The topological polar surface area (TPSA) is 26.3 Å². The zero-order chi connectivity index (χ0) is 11.5. The molecule has 1 aromatic rings. The highest BCUT2D eigenvalue weighted by molar-refractivity contribution is 6.71. The highest BCUT2D eigenvalue weighted by atomic mass is 28.4. The minimum atomic E-state index is -1.73. The number of rotatable bonds is 3. The summed E-state index contributed by atoms with van der Waals surface area (Å²) >= 11 is 0. The molecule has 0 saturated carbocycles. The third kappa shape index (κ3) is 4.79. The summed E-state index contributed by atoms with van der Waals surface area (Å²) in [6.07, 6.45) is 0.380. The van der Waals surface area contributed by atoms with E-state index in [1.54, 1.807) is 0 Å². The SMILES string of the molecule is Cc1ccc(CC(=O)O[Si](C)(C)C)cc1. The smallest absolute Gasteiger partial charge is 0.296 e. The van der Waals surface area contributed by atoms with Gasteiger partial charge in [-0.3, -0.25) is 4.79 Å². The number of carbonyl (C=O) groups excluding carboxylic acids is 1. The van der Waals surface area contributed by atoms with Crippen LogP contribution in [0.25, 0.3) is 0 Å². The summed E-state index contributed by atoms with van der Waals surface area (Å²) in [5.41, 5.74) is 2.22. The number of carbonyl (C=O) groups is 1. The number of hydrogen-bond donors (Lipinski definition) is 0. The summed E-state index contributed by atoms with van der Waals surface area (Å²) in [4.78, 5) is 11.5. The van der Waals surface area contributed by atoms with E-state index >= 15 is 0 Å². The van der Waals surface area contributed by atoms with Crippen LogP contribution in [-0.4, -0.2) is 14.3 Å². The van der Waals surface area contributed by atoms with Crippen molar-refractivity contribution in [2.24, 2.45) is 0 Å². The molecular weight excluding hydrogens is 204 g/mol. The maximum Gasteiger partial charge on any atom is 0.296 e. The van der Waals surface area contributed by atoms with E-state index in [1.165, 1.54) is 5.56 Å². The fourth-order valence-electron chi connectivity index (χ4n) is 1.25. The van der Waals surface area contributed by atoms with Gasteiger partial charge in [-0.25, -0.2) is 0 Å². The van der Waals surface area contributed by atoms with Gasteiger partial charge in [-0.05, 0) is 32.1 Å². The van der Waals surface area contributed by atoms with Crippen LogP contribution >= 0.6 is 0 Å². The predicted molar refractivity (Wildman–Crippen MR) is 64.3 cm³/mol. The summed E-state index contributed by atoms with van der Waals surface area (Å²) in [5.74, 6) is -0.113. The van der Waals surface area contributed by atoms with Gasteiger partial charge < -0.3 is 4.43 Å². The Balaban J connectivity index is 2.55. The molecule has 0 radical (unpaired) electrons. The van der Waals surface area contributed by atoms with E-state index in [9.17, 15) is 4.79 Å². The van der Waals surface area contributed by atoms with Crippen LogP contribution in [0.4, 0.5) is 0 Å². The van der Waals surface area contributed by atoms with E-state index in [0.717, 1.165) is 5.56 Å². The molecule has 1 aromatic carbocycles. The predicted octanol–water partition coefficient (Wildman–Crippen LogP) is 2.92. The molecule has 0 spiro atoms. The molecule has 0 aliphatic carbocycles. The summed E-state index contributed by atoms with van der Waals surface area (Å²) in [7, 11) is -1.73. The summed E-state index contributed by atoms with van der Waals surface area (Å²) < 4.78 is 5.37. The first-order valence-corrected chi connectivity index (χ1v) is 8.55. The first-order chi connectivity index (χ1) is 6.87. The van der Waals surface area contributed by atoms with Gasteiger partial charge in [0.15, 0.2) is 0 Å². The van der Waals surface area contributed by atoms with Crippen LogP contribution in [0.3, 0.4) is 0 Å². The van der Waals surface area contributed by atoms with E-state index in [0.29, 0.717) is 6.42 Å². The fraction of sp³-hybridized carbons (Fsp3) is 0.417. The van der Waals surface area contributed by atoms with Crippen molar-refractivity contribution in [2.75, 3.05) is 0 Å². The van der Waals surface area contributed by atoms with Gasteiger partial charge in [-0.2, -0.15) is 0 Å². The van der Waals surface area contributed by atoms with Crippen molar-refractivity contribution < 1.29 is 9.22 Å². The van der Waals surface area contributed by atoms with Crippen molar-refractivity contribution in [3.05, 3.63) is 35.4 Å². The van der Waals surface area contributed by atoms with Gasteiger partial charge in [0.2, 0.25) is 8.32 Å². The quantitative estimate of drug-likeness (QED) is 0.735. The molecule has 0 heterocycles. The molecule has 0 N–H and O–H groups in total. The second-order valence-electron chi connectivity index (χ2n) is 4.75. The summed E-state index contributed by atoms with van der Waals surface area (Å²) in [5, 5.41) is 0. The van der Waals surface area contributed by atoms with Crippen LogP contribution in [0.5, 0.6) is 0 Å². The summed E-state index contributed by atoms with van der Waals surface area (Å²) in [6, 6.07) is 7.97. The second-order valence-corrected chi connectivity index (χ2v) is 9.18. The number of benzene rings is 1. The number of hydrogen-bond acceptors (Lipinski definition) is 2. The fourth-order valence-corrected chi connectivity index (χ4v) is 2.01. The molecule has 82 valence electrons. The van der Waals surface area contributed by atoms with Crippen molar-refractivity contribution in [1.29, 1.82) is 0 Å². The van der Waals surface area contributed by atoms with Gasteiger partial charge in [-0.15, -0.1) is 0 Å². The molecule has 0 aliphatic heterocycles. The van der Waals surface area contributed by atoms with Gasteiger partial charge >= 0.3 is 0 Å². The maximum absolute atomic E-state index is 11.5. The Labute approximate surface area is 92.4 Å². The van der Waals surface area contributed by atoms with Crippen molar-refractivity contribution in [3.8, 4) is 0 Å². The molecule has 0 aromatic heterocycles. The Morgan fingerprint density at radius 3 is 2.20 bits per heavy atom. The number of aryl methyl sites for hydroxylation is 1. The zero-order valence-electron chi connectivity index (χ0n) is 9.83. The van der Waals surface area contributed by atoms with Gasteiger partial charge in [-0.1, -0.05) is 29.8 Å². The van der Waals surface area contributed by atoms with Crippen molar-refractivity contribution >= 4 is 14.3 Å². The molecule has 0 aliphatic rings. The lowest BCUT2D eigenvalue weighted by molar-refractivity contribution is -0.134. The molecule has 0 bridgehead atoms. The average molecular weight is 222 g/mol. The van der Waals surface area contributed by atoms with Crippen molar-refractivity contribution in [3.63, 3.8) is 0 Å². The van der Waals surface area contributed by atoms with Gasteiger partial charge in [0.25, 0.3) is 5.97 Å². The average Bonchev–Trinajstić information content (AvgIpc) is 2.05. The molecule has 0 saturated heterocycles. The van der Waals surface area contributed by atoms with E-state index in [4.69, 9.17) is 4.43 Å². The van der Waals surface area contributed by atoms with Gasteiger partial charge in [0, 0.05) is 0 Å². The molecule has 15 heavy (non-hydrogen) atoms. The Bertz CT molecular complexity index is 336. The van der Waals surface area contributed by atoms with Crippen LogP contribution in [0.1, 0.15) is 11.1 Å². The first kappa shape index (κ1) is 12.0. The molecule has 2 nitrogen and oxygen atoms in total. The highest BCUT2D eigenvalue weighted by Gasteiger charge is 2.19. The van der Waals surface area contributed by atoms with Crippen LogP contribution in [0, 0.1) is 6.92 Å².